The Morgan fingerprint density at radius 2 is 2.04 bits per heavy atom. The summed E-state index contributed by atoms with van der Waals surface area (Å²) in [6.07, 6.45) is 5.37. The number of aromatic nitrogens is 2. The van der Waals surface area contributed by atoms with Gasteiger partial charge in [0.1, 0.15) is 11.4 Å². The summed E-state index contributed by atoms with van der Waals surface area (Å²) in [6, 6.07) is 7.57. The lowest BCUT2D eigenvalue weighted by molar-refractivity contribution is 0.0323. The number of fused-ring (bicyclic) bond motifs is 1. The van der Waals surface area contributed by atoms with Gasteiger partial charge in [-0.25, -0.2) is 0 Å². The normalized spacial score (nSPS) is 26.2. The third-order valence-electron chi connectivity index (χ3n) is 5.53. The SMILES string of the molecule is O=C1CC2(CCCN(c3noc(C4CC4)n3)CC2)Oc2ccccc21. The van der Waals surface area contributed by atoms with Gasteiger partial charge < -0.3 is 14.2 Å². The number of carbonyl (C=O) groups is 1. The Bertz CT molecular complexity index is 814. The van der Waals surface area contributed by atoms with Gasteiger partial charge in [-0.2, -0.15) is 4.98 Å². The van der Waals surface area contributed by atoms with Crippen molar-refractivity contribution in [1.82, 2.24) is 10.1 Å². The molecule has 3 aliphatic rings. The Kier molecular flexibility index (Phi) is 3.33. The van der Waals surface area contributed by atoms with Crippen molar-refractivity contribution < 1.29 is 14.1 Å². The van der Waals surface area contributed by atoms with Crippen LogP contribution in [0.3, 0.4) is 0 Å². The van der Waals surface area contributed by atoms with Gasteiger partial charge >= 0.3 is 0 Å². The third-order valence-corrected chi connectivity index (χ3v) is 5.53. The highest BCUT2D eigenvalue weighted by Crippen LogP contribution is 2.41. The molecular formula is C19H21N3O3. The van der Waals surface area contributed by atoms with Crippen molar-refractivity contribution in [3.8, 4) is 5.75 Å². The molecule has 130 valence electrons. The molecule has 1 spiro atoms. The van der Waals surface area contributed by atoms with Crippen LogP contribution in [0, 0.1) is 0 Å². The fourth-order valence-corrected chi connectivity index (χ4v) is 3.94. The Morgan fingerprint density at radius 3 is 2.92 bits per heavy atom. The van der Waals surface area contributed by atoms with Gasteiger partial charge in [0.2, 0.25) is 5.89 Å². The molecule has 1 atom stereocenters. The van der Waals surface area contributed by atoms with E-state index in [0.29, 0.717) is 23.9 Å². The molecule has 6 nitrogen and oxygen atoms in total. The molecule has 2 aliphatic heterocycles. The second-order valence-electron chi connectivity index (χ2n) is 7.43. The number of anilines is 1. The molecule has 1 saturated carbocycles. The number of ether oxygens (including phenoxy) is 1. The quantitative estimate of drug-likeness (QED) is 0.836. The van der Waals surface area contributed by atoms with E-state index in [1.165, 1.54) is 0 Å². The van der Waals surface area contributed by atoms with Gasteiger partial charge in [0.15, 0.2) is 5.78 Å². The highest BCUT2D eigenvalue weighted by molar-refractivity contribution is 6.00. The summed E-state index contributed by atoms with van der Waals surface area (Å²) in [5.74, 6) is 2.83. The summed E-state index contributed by atoms with van der Waals surface area (Å²) in [5, 5.41) is 4.16. The molecule has 0 bridgehead atoms. The van der Waals surface area contributed by atoms with Gasteiger partial charge in [0.25, 0.3) is 5.95 Å². The van der Waals surface area contributed by atoms with E-state index in [9.17, 15) is 4.79 Å². The van der Waals surface area contributed by atoms with Gasteiger partial charge in [-0.3, -0.25) is 4.79 Å². The van der Waals surface area contributed by atoms with Gasteiger partial charge in [0.05, 0.1) is 12.0 Å². The van der Waals surface area contributed by atoms with Gasteiger partial charge in [-0.1, -0.05) is 12.1 Å². The molecule has 0 N–H and O–H groups in total. The maximum atomic E-state index is 12.6. The second-order valence-corrected chi connectivity index (χ2v) is 7.43. The van der Waals surface area contributed by atoms with Crippen LogP contribution in [-0.2, 0) is 0 Å². The molecule has 1 saturated heterocycles. The summed E-state index contributed by atoms with van der Waals surface area (Å²) < 4.78 is 11.7. The largest absolute Gasteiger partial charge is 0.486 e. The number of benzene rings is 1. The Morgan fingerprint density at radius 1 is 1.16 bits per heavy atom. The lowest BCUT2D eigenvalue weighted by Crippen LogP contribution is -2.43. The fraction of sp³-hybridized carbons (Fsp3) is 0.526. The predicted octanol–water partition coefficient (Wildman–Crippen LogP) is 3.34. The van der Waals surface area contributed by atoms with Crippen molar-refractivity contribution >= 4 is 11.7 Å². The lowest BCUT2D eigenvalue weighted by Gasteiger charge is -2.37. The highest BCUT2D eigenvalue weighted by atomic mass is 16.5. The fourth-order valence-electron chi connectivity index (χ4n) is 3.94. The first-order chi connectivity index (χ1) is 12.2. The molecule has 0 amide bonds. The zero-order valence-electron chi connectivity index (χ0n) is 14.1. The topological polar surface area (TPSA) is 68.5 Å². The molecule has 2 fully saturated rings. The summed E-state index contributed by atoms with van der Waals surface area (Å²) >= 11 is 0. The number of carbonyl (C=O) groups excluding carboxylic acids is 1. The van der Waals surface area contributed by atoms with E-state index in [1.54, 1.807) is 0 Å². The molecule has 2 aromatic rings. The van der Waals surface area contributed by atoms with Crippen LogP contribution in [0.25, 0.3) is 0 Å². The van der Waals surface area contributed by atoms with Crippen LogP contribution in [-0.4, -0.2) is 34.6 Å². The van der Waals surface area contributed by atoms with E-state index < -0.39 is 5.60 Å². The maximum Gasteiger partial charge on any atom is 0.266 e. The van der Waals surface area contributed by atoms with Gasteiger partial charge in [0, 0.05) is 25.4 Å². The molecular weight excluding hydrogens is 318 g/mol. The first-order valence-corrected chi connectivity index (χ1v) is 9.12. The second kappa shape index (κ2) is 5.58. The van der Waals surface area contributed by atoms with Crippen LogP contribution in [0.5, 0.6) is 5.75 Å². The summed E-state index contributed by atoms with van der Waals surface area (Å²) in [4.78, 5) is 19.3. The summed E-state index contributed by atoms with van der Waals surface area (Å²) in [6.45, 7) is 1.64. The smallest absolute Gasteiger partial charge is 0.266 e. The van der Waals surface area contributed by atoms with Crippen LogP contribution in [0.1, 0.15) is 60.7 Å². The van der Waals surface area contributed by atoms with E-state index in [-0.39, 0.29) is 5.78 Å². The molecule has 1 aromatic carbocycles. The van der Waals surface area contributed by atoms with E-state index in [4.69, 9.17) is 9.26 Å². The van der Waals surface area contributed by atoms with Crippen LogP contribution in [0.4, 0.5) is 5.95 Å². The van der Waals surface area contributed by atoms with Crippen molar-refractivity contribution in [2.24, 2.45) is 0 Å². The Balaban J connectivity index is 1.35. The van der Waals surface area contributed by atoms with Crippen molar-refractivity contribution in [2.75, 3.05) is 18.0 Å². The minimum atomic E-state index is -0.400. The Hall–Kier alpha value is -2.37. The van der Waals surface area contributed by atoms with E-state index in [2.05, 4.69) is 15.0 Å². The Labute approximate surface area is 146 Å². The average molecular weight is 339 g/mol. The van der Waals surface area contributed by atoms with Crippen molar-refractivity contribution in [2.45, 2.75) is 50.0 Å². The van der Waals surface area contributed by atoms with Crippen molar-refractivity contribution in [3.63, 3.8) is 0 Å². The number of ketones is 1. The molecule has 5 rings (SSSR count). The van der Waals surface area contributed by atoms with Crippen LogP contribution >= 0.6 is 0 Å². The van der Waals surface area contributed by atoms with E-state index in [1.807, 2.05) is 24.3 Å². The molecule has 0 radical (unpaired) electrons. The number of hydrogen-bond acceptors (Lipinski definition) is 6. The monoisotopic (exact) mass is 339 g/mol. The maximum absolute atomic E-state index is 12.6. The van der Waals surface area contributed by atoms with Crippen molar-refractivity contribution in [3.05, 3.63) is 35.7 Å². The van der Waals surface area contributed by atoms with Gasteiger partial charge in [-0.05, 0) is 43.0 Å². The minimum Gasteiger partial charge on any atom is -0.486 e. The number of Topliss-reactive ketones (excluding diaryl/α,β-unsaturated/α-hetero) is 1. The molecule has 1 aliphatic carbocycles. The third kappa shape index (κ3) is 2.69. The van der Waals surface area contributed by atoms with Crippen LogP contribution in [0.15, 0.2) is 28.8 Å². The predicted molar refractivity (Wildman–Crippen MR) is 91.1 cm³/mol. The van der Waals surface area contributed by atoms with Crippen LogP contribution < -0.4 is 9.64 Å². The summed E-state index contributed by atoms with van der Waals surface area (Å²) in [7, 11) is 0. The average Bonchev–Trinajstić information content (AvgIpc) is 3.39. The summed E-state index contributed by atoms with van der Waals surface area (Å²) in [5.41, 5.74) is 0.310. The van der Waals surface area contributed by atoms with E-state index in [0.717, 1.165) is 56.8 Å². The lowest BCUT2D eigenvalue weighted by atomic mass is 9.84. The highest BCUT2D eigenvalue weighted by Gasteiger charge is 2.42. The standard InChI is InChI=1S/C19H21N3O3/c23-15-12-19(24-16-5-2-1-4-14(15)16)8-3-10-22(11-9-19)18-20-17(25-21-18)13-6-7-13/h1-2,4-5,13H,3,6-12H2. The van der Waals surface area contributed by atoms with Crippen molar-refractivity contribution in [1.29, 1.82) is 0 Å². The first kappa shape index (κ1) is 14.9. The minimum absolute atomic E-state index is 0.186. The molecule has 1 aromatic heterocycles. The number of hydrogen-bond donors (Lipinski definition) is 0. The molecule has 25 heavy (non-hydrogen) atoms. The van der Waals surface area contributed by atoms with Gasteiger partial charge in [-0.15, -0.1) is 0 Å². The number of rotatable bonds is 2. The zero-order valence-corrected chi connectivity index (χ0v) is 14.1. The first-order valence-electron chi connectivity index (χ1n) is 9.12. The number of para-hydroxylation sites is 1. The number of nitrogens with zero attached hydrogens (tertiary/aromatic N) is 3. The molecule has 3 heterocycles. The zero-order chi connectivity index (χ0) is 16.9. The molecule has 1 unspecified atom stereocenters. The van der Waals surface area contributed by atoms with E-state index >= 15 is 0 Å². The van der Waals surface area contributed by atoms with Crippen LogP contribution in [0.2, 0.25) is 0 Å². The molecule has 6 heteroatoms.